The maximum absolute atomic E-state index is 13.1. The monoisotopic (exact) mass is 606 g/mol. The highest BCUT2D eigenvalue weighted by molar-refractivity contribution is 7.99. The number of rotatable bonds is 12. The van der Waals surface area contributed by atoms with Gasteiger partial charge in [0.1, 0.15) is 41.9 Å². The van der Waals surface area contributed by atoms with E-state index in [9.17, 15) is 28.8 Å². The quantitative estimate of drug-likeness (QED) is 0.241. The zero-order valence-corrected chi connectivity index (χ0v) is 25.8. The molecule has 1 saturated heterocycles. The zero-order valence-electron chi connectivity index (χ0n) is 25.0. The minimum Gasteiger partial charge on any atom is -0.467 e. The normalized spacial score (nSPS) is 22.0. The number of esters is 4. The molecule has 1 aliphatic heterocycles. The van der Waals surface area contributed by atoms with E-state index in [1.54, 1.807) is 34.6 Å². The molecule has 0 spiro atoms. The summed E-state index contributed by atoms with van der Waals surface area (Å²) in [5, 5.41) is 5.13. The zero-order chi connectivity index (χ0) is 31.5. The Bertz CT molecular complexity index is 951. The molecule has 234 valence electrons. The van der Waals surface area contributed by atoms with Gasteiger partial charge in [0.15, 0.2) is 6.10 Å². The third-order valence-electron chi connectivity index (χ3n) is 5.43. The molecular weight excluding hydrogens is 564 g/mol. The fourth-order valence-corrected chi connectivity index (χ4v) is 4.92. The van der Waals surface area contributed by atoms with E-state index in [-0.39, 0.29) is 24.7 Å². The molecule has 0 aliphatic carbocycles. The average molecular weight is 607 g/mol. The van der Waals surface area contributed by atoms with Gasteiger partial charge in [0.25, 0.3) is 0 Å². The molecule has 2 N–H and O–H groups in total. The van der Waals surface area contributed by atoms with Gasteiger partial charge in [-0.2, -0.15) is 0 Å². The third kappa shape index (κ3) is 13.4. The van der Waals surface area contributed by atoms with Gasteiger partial charge in [0.05, 0.1) is 7.11 Å². The van der Waals surface area contributed by atoms with Crippen molar-refractivity contribution in [1.29, 1.82) is 0 Å². The number of thioether (sulfide) groups is 1. The SMILES string of the molecule is COC(=O)[C@H](CS[C@@H]1C[C@@H](OC(C)=O)[C@H](OC(C)=O)[C@@H](COC(C)=O)O1)NC(=O)[C@@H](NC(=O)OC(C)(C)C)C(C)C. The Labute approximate surface area is 244 Å². The van der Waals surface area contributed by atoms with Crippen LogP contribution in [-0.4, -0.2) is 96.8 Å². The maximum atomic E-state index is 13.1. The van der Waals surface area contributed by atoms with Gasteiger partial charge in [-0.3, -0.25) is 19.2 Å². The standard InChI is InChI=1S/C26H42N2O12S/c1-13(2)21(28-25(34)40-26(6,7)8)23(32)27-17(24(33)35-9)12-41-20-10-18(37-15(4)30)22(38-16(5)31)19(39-20)11-36-14(3)29/h13,17-22H,10-12H2,1-9H3,(H,27,32)(H,28,34)/t17-,18+,19+,20+,21-,22-/m0/s1. The van der Waals surface area contributed by atoms with Crippen molar-refractivity contribution >= 4 is 47.6 Å². The van der Waals surface area contributed by atoms with Crippen molar-refractivity contribution in [1.82, 2.24) is 10.6 Å². The van der Waals surface area contributed by atoms with Crippen molar-refractivity contribution in [3.05, 3.63) is 0 Å². The van der Waals surface area contributed by atoms with Crippen molar-refractivity contribution in [3.63, 3.8) is 0 Å². The fourth-order valence-electron chi connectivity index (χ4n) is 3.75. The maximum Gasteiger partial charge on any atom is 0.408 e. The summed E-state index contributed by atoms with van der Waals surface area (Å²) in [7, 11) is 1.16. The van der Waals surface area contributed by atoms with Gasteiger partial charge in [-0.05, 0) is 26.7 Å². The lowest BCUT2D eigenvalue weighted by Crippen LogP contribution is -2.55. The van der Waals surface area contributed by atoms with Crippen molar-refractivity contribution in [2.24, 2.45) is 5.92 Å². The molecule has 0 aromatic heterocycles. The summed E-state index contributed by atoms with van der Waals surface area (Å²) in [6.45, 7) is 11.8. The topological polar surface area (TPSA) is 182 Å². The van der Waals surface area contributed by atoms with E-state index < -0.39 is 77.3 Å². The van der Waals surface area contributed by atoms with Gasteiger partial charge in [0.2, 0.25) is 5.91 Å². The van der Waals surface area contributed by atoms with Gasteiger partial charge < -0.3 is 39.1 Å². The first kappa shape index (κ1) is 36.0. The van der Waals surface area contributed by atoms with Crippen LogP contribution in [0.2, 0.25) is 0 Å². The summed E-state index contributed by atoms with van der Waals surface area (Å²) in [5.41, 5.74) is -1.50. The number of carbonyl (C=O) groups excluding carboxylic acids is 6. The molecule has 0 bridgehead atoms. The van der Waals surface area contributed by atoms with Crippen LogP contribution in [0.3, 0.4) is 0 Å². The van der Waals surface area contributed by atoms with Crippen molar-refractivity contribution < 1.29 is 57.2 Å². The molecule has 15 heteroatoms. The van der Waals surface area contributed by atoms with E-state index in [4.69, 9.17) is 28.4 Å². The fraction of sp³-hybridized carbons (Fsp3) is 0.769. The molecule has 0 aromatic rings. The third-order valence-corrected chi connectivity index (χ3v) is 6.63. The van der Waals surface area contributed by atoms with Crippen LogP contribution in [0.25, 0.3) is 0 Å². The van der Waals surface area contributed by atoms with Crippen LogP contribution < -0.4 is 10.6 Å². The van der Waals surface area contributed by atoms with Gasteiger partial charge >= 0.3 is 30.0 Å². The molecule has 1 fully saturated rings. The lowest BCUT2D eigenvalue weighted by molar-refractivity contribution is -0.204. The molecule has 0 unspecified atom stereocenters. The average Bonchev–Trinajstić information content (AvgIpc) is 2.82. The number of carbonyl (C=O) groups is 6. The Kier molecular flexibility index (Phi) is 14.4. The molecule has 6 atom stereocenters. The molecule has 1 aliphatic rings. The van der Waals surface area contributed by atoms with E-state index in [0.29, 0.717) is 0 Å². The van der Waals surface area contributed by atoms with Crippen LogP contribution in [0, 0.1) is 5.92 Å². The van der Waals surface area contributed by atoms with Crippen LogP contribution in [0.1, 0.15) is 61.8 Å². The number of alkyl carbamates (subject to hydrolysis) is 1. The van der Waals surface area contributed by atoms with Crippen LogP contribution in [0.15, 0.2) is 0 Å². The number of hydrogen-bond acceptors (Lipinski definition) is 13. The van der Waals surface area contributed by atoms with E-state index >= 15 is 0 Å². The van der Waals surface area contributed by atoms with Crippen LogP contribution in [-0.2, 0) is 52.4 Å². The molecule has 1 rings (SSSR count). The van der Waals surface area contributed by atoms with E-state index in [1.807, 2.05) is 0 Å². The Morgan fingerprint density at radius 1 is 0.951 bits per heavy atom. The van der Waals surface area contributed by atoms with Crippen LogP contribution >= 0.6 is 11.8 Å². The second-order valence-electron chi connectivity index (χ2n) is 10.6. The second kappa shape index (κ2) is 16.4. The van der Waals surface area contributed by atoms with E-state index in [1.165, 1.54) is 20.8 Å². The summed E-state index contributed by atoms with van der Waals surface area (Å²) in [5.74, 6) is -3.63. The van der Waals surface area contributed by atoms with Crippen LogP contribution in [0.4, 0.5) is 4.79 Å². The van der Waals surface area contributed by atoms with Crippen molar-refractivity contribution in [2.75, 3.05) is 19.5 Å². The number of nitrogens with one attached hydrogen (secondary N) is 2. The van der Waals surface area contributed by atoms with Crippen molar-refractivity contribution in [2.45, 2.75) is 103 Å². The molecule has 14 nitrogen and oxygen atoms in total. The van der Waals surface area contributed by atoms with E-state index in [0.717, 1.165) is 18.9 Å². The Morgan fingerprint density at radius 2 is 1.56 bits per heavy atom. The highest BCUT2D eigenvalue weighted by atomic mass is 32.2. The smallest absolute Gasteiger partial charge is 0.408 e. The lowest BCUT2D eigenvalue weighted by atomic mass is 10.0. The summed E-state index contributed by atoms with van der Waals surface area (Å²) in [4.78, 5) is 72.9. The number of ether oxygens (including phenoxy) is 6. The Hall–Kier alpha value is -3.07. The first-order valence-electron chi connectivity index (χ1n) is 13.1. The summed E-state index contributed by atoms with van der Waals surface area (Å²) < 4.78 is 31.9. The summed E-state index contributed by atoms with van der Waals surface area (Å²) in [6.07, 6.45) is -3.68. The minimum absolute atomic E-state index is 0.0361. The first-order valence-corrected chi connectivity index (χ1v) is 14.1. The van der Waals surface area contributed by atoms with Crippen molar-refractivity contribution in [3.8, 4) is 0 Å². The molecule has 0 aromatic carbocycles. The minimum atomic E-state index is -1.15. The van der Waals surface area contributed by atoms with Gasteiger partial charge in [-0.1, -0.05) is 13.8 Å². The van der Waals surface area contributed by atoms with Gasteiger partial charge in [0, 0.05) is 32.9 Å². The second-order valence-corrected chi connectivity index (χ2v) is 11.8. The number of methoxy groups -OCH3 is 1. The number of hydrogen-bond donors (Lipinski definition) is 2. The predicted molar refractivity (Wildman–Crippen MR) is 145 cm³/mol. The molecule has 0 saturated carbocycles. The number of amides is 2. The van der Waals surface area contributed by atoms with Gasteiger partial charge in [-0.15, -0.1) is 11.8 Å². The molecule has 0 radical (unpaired) electrons. The summed E-state index contributed by atoms with van der Waals surface area (Å²) in [6, 6.07) is -2.16. The largest absolute Gasteiger partial charge is 0.467 e. The Balaban J connectivity index is 3.06. The molecular formula is C26H42N2O12S. The Morgan fingerprint density at radius 3 is 2.05 bits per heavy atom. The molecule has 1 heterocycles. The highest BCUT2D eigenvalue weighted by Gasteiger charge is 2.44. The predicted octanol–water partition coefficient (Wildman–Crippen LogP) is 1.47. The lowest BCUT2D eigenvalue weighted by Gasteiger charge is -2.40. The van der Waals surface area contributed by atoms with E-state index in [2.05, 4.69) is 10.6 Å². The summed E-state index contributed by atoms with van der Waals surface area (Å²) >= 11 is 1.10. The molecule has 2 amide bonds. The van der Waals surface area contributed by atoms with Crippen LogP contribution in [0.5, 0.6) is 0 Å². The molecule has 41 heavy (non-hydrogen) atoms. The first-order chi connectivity index (χ1) is 18.9. The van der Waals surface area contributed by atoms with Gasteiger partial charge in [-0.25, -0.2) is 9.59 Å². The highest BCUT2D eigenvalue weighted by Crippen LogP contribution is 2.32.